The fourth-order valence-electron chi connectivity index (χ4n) is 1.98. The van der Waals surface area contributed by atoms with Crippen LogP contribution in [0.2, 0.25) is 5.02 Å². The number of halogens is 2. The molecule has 1 N–H and O–H groups in total. The summed E-state index contributed by atoms with van der Waals surface area (Å²) in [4.78, 5) is 12.1. The fraction of sp³-hybridized carbons (Fsp3) is 0.188. The van der Waals surface area contributed by atoms with E-state index in [1.807, 2.05) is 43.3 Å². The van der Waals surface area contributed by atoms with Gasteiger partial charge in [-0.3, -0.25) is 4.79 Å². The van der Waals surface area contributed by atoms with Gasteiger partial charge < -0.3 is 5.32 Å². The van der Waals surface area contributed by atoms with Gasteiger partial charge in [-0.2, -0.15) is 0 Å². The van der Waals surface area contributed by atoms with E-state index in [9.17, 15) is 4.79 Å². The predicted molar refractivity (Wildman–Crippen MR) is 84.5 cm³/mol. The maximum Gasteiger partial charge on any atom is 0.228 e. The van der Waals surface area contributed by atoms with E-state index in [0.29, 0.717) is 5.02 Å². The zero-order valence-electron chi connectivity index (χ0n) is 11.1. The van der Waals surface area contributed by atoms with E-state index in [4.69, 9.17) is 23.2 Å². The molecule has 1 amide bonds. The highest BCUT2D eigenvalue weighted by molar-refractivity contribution is 6.30. The molecule has 2 rings (SSSR count). The first-order valence-corrected chi connectivity index (χ1v) is 7.15. The molecule has 0 aliphatic rings. The Kier molecular flexibility index (Phi) is 5.05. The van der Waals surface area contributed by atoms with Crippen LogP contribution in [0, 0.1) is 0 Å². The van der Waals surface area contributed by atoms with E-state index in [0.717, 1.165) is 16.8 Å². The molecular formula is C16H15Cl2NO. The highest BCUT2D eigenvalue weighted by atomic mass is 35.5. The minimum absolute atomic E-state index is 0.0861. The average Bonchev–Trinajstić information content (AvgIpc) is 2.38. The summed E-state index contributed by atoms with van der Waals surface area (Å²) in [6.07, 6.45) is 0.283. The summed E-state index contributed by atoms with van der Waals surface area (Å²) in [5.74, 6) is -0.0861. The molecule has 2 aromatic carbocycles. The molecule has 0 radical (unpaired) electrons. The molecule has 0 bridgehead atoms. The zero-order valence-corrected chi connectivity index (χ0v) is 12.6. The van der Waals surface area contributed by atoms with Crippen LogP contribution >= 0.6 is 23.2 Å². The number of nitrogens with one attached hydrogen (secondary N) is 1. The van der Waals surface area contributed by atoms with E-state index in [2.05, 4.69) is 5.32 Å². The molecule has 0 aliphatic heterocycles. The van der Waals surface area contributed by atoms with Crippen LogP contribution < -0.4 is 5.32 Å². The molecule has 0 heterocycles. The Morgan fingerprint density at radius 1 is 1.20 bits per heavy atom. The van der Waals surface area contributed by atoms with Crippen molar-refractivity contribution in [3.63, 3.8) is 0 Å². The summed E-state index contributed by atoms with van der Waals surface area (Å²) >= 11 is 12.0. The number of carbonyl (C=O) groups excluding carboxylic acids is 1. The van der Waals surface area contributed by atoms with Gasteiger partial charge in [0.25, 0.3) is 0 Å². The van der Waals surface area contributed by atoms with Crippen LogP contribution in [0.15, 0.2) is 48.5 Å². The van der Waals surface area contributed by atoms with Crippen molar-refractivity contribution in [2.45, 2.75) is 18.7 Å². The van der Waals surface area contributed by atoms with Crippen molar-refractivity contribution >= 4 is 34.8 Å². The number of carbonyl (C=O) groups is 1. The predicted octanol–water partition coefficient (Wildman–Crippen LogP) is 4.82. The molecule has 1 atom stereocenters. The second-order valence-corrected chi connectivity index (χ2v) is 5.65. The van der Waals surface area contributed by atoms with Crippen molar-refractivity contribution in [3.8, 4) is 0 Å². The van der Waals surface area contributed by atoms with Gasteiger partial charge in [0.15, 0.2) is 0 Å². The van der Waals surface area contributed by atoms with Gasteiger partial charge in [0.1, 0.15) is 0 Å². The SMILES string of the molecule is CC(Cl)c1ccccc1NC(=O)Cc1cccc(Cl)c1. The molecule has 0 spiro atoms. The van der Waals surface area contributed by atoms with Gasteiger partial charge in [-0.1, -0.05) is 41.9 Å². The quantitative estimate of drug-likeness (QED) is 0.806. The normalized spacial score (nSPS) is 11.9. The van der Waals surface area contributed by atoms with E-state index >= 15 is 0 Å². The zero-order chi connectivity index (χ0) is 14.5. The highest BCUT2D eigenvalue weighted by Gasteiger charge is 2.10. The lowest BCUT2D eigenvalue weighted by atomic mass is 10.1. The summed E-state index contributed by atoms with van der Waals surface area (Å²) < 4.78 is 0. The number of amides is 1. The third-order valence-electron chi connectivity index (χ3n) is 2.92. The summed E-state index contributed by atoms with van der Waals surface area (Å²) in [6, 6.07) is 14.8. The standard InChI is InChI=1S/C16H15Cl2NO/c1-11(17)14-7-2-3-8-15(14)19-16(20)10-12-5-4-6-13(18)9-12/h2-9,11H,10H2,1H3,(H,19,20). The Balaban J connectivity index is 2.09. The molecular weight excluding hydrogens is 293 g/mol. The number of para-hydroxylation sites is 1. The third kappa shape index (κ3) is 3.99. The lowest BCUT2D eigenvalue weighted by molar-refractivity contribution is -0.115. The summed E-state index contributed by atoms with van der Waals surface area (Å²) in [7, 11) is 0. The molecule has 0 saturated heterocycles. The monoisotopic (exact) mass is 307 g/mol. The molecule has 2 aromatic rings. The van der Waals surface area contributed by atoms with Crippen LogP contribution in [0.1, 0.15) is 23.4 Å². The molecule has 2 nitrogen and oxygen atoms in total. The van der Waals surface area contributed by atoms with Crippen molar-refractivity contribution in [3.05, 3.63) is 64.7 Å². The van der Waals surface area contributed by atoms with Crippen molar-refractivity contribution in [2.24, 2.45) is 0 Å². The van der Waals surface area contributed by atoms with Crippen molar-refractivity contribution in [1.29, 1.82) is 0 Å². The molecule has 1 unspecified atom stereocenters. The first-order valence-electron chi connectivity index (χ1n) is 6.33. The average molecular weight is 308 g/mol. The highest BCUT2D eigenvalue weighted by Crippen LogP contribution is 2.27. The Hall–Kier alpha value is -1.51. The minimum Gasteiger partial charge on any atom is -0.325 e. The Morgan fingerprint density at radius 2 is 1.95 bits per heavy atom. The summed E-state index contributed by atoms with van der Waals surface area (Å²) in [6.45, 7) is 1.88. The van der Waals surface area contributed by atoms with E-state index in [-0.39, 0.29) is 17.7 Å². The largest absolute Gasteiger partial charge is 0.325 e. The second-order valence-electron chi connectivity index (χ2n) is 4.56. The first kappa shape index (κ1) is 14.9. The van der Waals surface area contributed by atoms with Crippen LogP contribution in [0.3, 0.4) is 0 Å². The number of alkyl halides is 1. The molecule has 0 aliphatic carbocycles. The van der Waals surface area contributed by atoms with E-state index < -0.39 is 0 Å². The van der Waals surface area contributed by atoms with E-state index in [1.165, 1.54) is 0 Å². The van der Waals surface area contributed by atoms with Gasteiger partial charge in [-0.05, 0) is 36.2 Å². The molecule has 0 fully saturated rings. The van der Waals surface area contributed by atoms with Gasteiger partial charge in [0, 0.05) is 10.7 Å². The van der Waals surface area contributed by atoms with Crippen LogP contribution in [0.25, 0.3) is 0 Å². The Morgan fingerprint density at radius 3 is 2.65 bits per heavy atom. The molecule has 4 heteroatoms. The third-order valence-corrected chi connectivity index (χ3v) is 3.39. The van der Waals surface area contributed by atoms with Crippen molar-refractivity contribution in [1.82, 2.24) is 0 Å². The molecule has 104 valence electrons. The number of hydrogen-bond donors (Lipinski definition) is 1. The van der Waals surface area contributed by atoms with Gasteiger partial charge >= 0.3 is 0 Å². The summed E-state index contributed by atoms with van der Waals surface area (Å²) in [5.41, 5.74) is 2.54. The van der Waals surface area contributed by atoms with Crippen LogP contribution in [-0.4, -0.2) is 5.91 Å². The first-order chi connectivity index (χ1) is 9.56. The lowest BCUT2D eigenvalue weighted by Gasteiger charge is -2.12. The Labute approximate surface area is 128 Å². The smallest absolute Gasteiger partial charge is 0.228 e. The fourth-order valence-corrected chi connectivity index (χ4v) is 2.39. The Bertz CT molecular complexity index is 611. The molecule has 20 heavy (non-hydrogen) atoms. The lowest BCUT2D eigenvalue weighted by Crippen LogP contribution is -2.15. The number of rotatable bonds is 4. The van der Waals surface area contributed by atoms with E-state index in [1.54, 1.807) is 12.1 Å². The van der Waals surface area contributed by atoms with Gasteiger partial charge in [0.05, 0.1) is 11.8 Å². The van der Waals surface area contributed by atoms with Gasteiger partial charge in [-0.15, -0.1) is 11.6 Å². The second kappa shape index (κ2) is 6.78. The van der Waals surface area contributed by atoms with Crippen LogP contribution in [-0.2, 0) is 11.2 Å². The topological polar surface area (TPSA) is 29.1 Å². The number of benzene rings is 2. The van der Waals surface area contributed by atoms with Crippen molar-refractivity contribution < 1.29 is 4.79 Å². The summed E-state index contributed by atoms with van der Waals surface area (Å²) in [5, 5.41) is 3.37. The number of hydrogen-bond acceptors (Lipinski definition) is 1. The van der Waals surface area contributed by atoms with Crippen LogP contribution in [0.4, 0.5) is 5.69 Å². The maximum atomic E-state index is 12.1. The number of anilines is 1. The van der Waals surface area contributed by atoms with Crippen LogP contribution in [0.5, 0.6) is 0 Å². The molecule has 0 aromatic heterocycles. The molecule has 0 saturated carbocycles. The maximum absolute atomic E-state index is 12.1. The van der Waals surface area contributed by atoms with Gasteiger partial charge in [0.2, 0.25) is 5.91 Å². The van der Waals surface area contributed by atoms with Gasteiger partial charge in [-0.25, -0.2) is 0 Å². The minimum atomic E-state index is -0.155. The van der Waals surface area contributed by atoms with Crippen molar-refractivity contribution in [2.75, 3.05) is 5.32 Å².